The van der Waals surface area contributed by atoms with Crippen molar-refractivity contribution >= 4 is 21.8 Å². The summed E-state index contributed by atoms with van der Waals surface area (Å²) >= 11 is 3.46. The van der Waals surface area contributed by atoms with E-state index < -0.39 is 6.10 Å². The average Bonchev–Trinajstić information content (AvgIpc) is 2.40. The van der Waals surface area contributed by atoms with Gasteiger partial charge in [-0.2, -0.15) is 0 Å². The maximum absolute atomic E-state index is 11.7. The molecule has 0 saturated heterocycles. The summed E-state index contributed by atoms with van der Waals surface area (Å²) in [7, 11) is 0. The molecule has 0 aliphatic carbocycles. The van der Waals surface area contributed by atoms with Crippen LogP contribution in [-0.4, -0.2) is 25.1 Å². The molecule has 3 N–H and O–H groups in total. The number of hydrogen-bond acceptors (Lipinski definition) is 3. The molecule has 1 aromatic carbocycles. The molecule has 0 fully saturated rings. The van der Waals surface area contributed by atoms with E-state index in [4.69, 9.17) is 10.5 Å². The molecule has 1 rings (SSSR count). The molecule has 0 heterocycles. The first-order valence-corrected chi connectivity index (χ1v) is 6.91. The molecular weight excluding hydrogens is 308 g/mol. The molecule has 1 unspecified atom stereocenters. The van der Waals surface area contributed by atoms with Gasteiger partial charge in [0.05, 0.1) is 0 Å². The predicted molar refractivity (Wildman–Crippen MR) is 80.2 cm³/mol. The lowest BCUT2D eigenvalue weighted by Crippen LogP contribution is -2.36. The van der Waals surface area contributed by atoms with E-state index in [0.29, 0.717) is 18.8 Å². The molecular formula is C14H19BrN2O2. The summed E-state index contributed by atoms with van der Waals surface area (Å²) in [5.41, 5.74) is 6.62. The van der Waals surface area contributed by atoms with Gasteiger partial charge in [-0.3, -0.25) is 4.79 Å². The van der Waals surface area contributed by atoms with Crippen molar-refractivity contribution in [3.8, 4) is 5.75 Å². The van der Waals surface area contributed by atoms with Crippen molar-refractivity contribution in [3.05, 3.63) is 40.9 Å². The fourth-order valence-corrected chi connectivity index (χ4v) is 1.99. The number of ether oxygens (including phenoxy) is 1. The molecule has 5 heteroatoms. The van der Waals surface area contributed by atoms with E-state index in [1.165, 1.54) is 0 Å². The van der Waals surface area contributed by atoms with Crippen LogP contribution in [0.25, 0.3) is 0 Å². The van der Waals surface area contributed by atoms with Gasteiger partial charge in [-0.15, -0.1) is 6.58 Å². The van der Waals surface area contributed by atoms with Gasteiger partial charge in [0.15, 0.2) is 6.10 Å². The van der Waals surface area contributed by atoms with Gasteiger partial charge in [-0.1, -0.05) is 22.0 Å². The number of carbonyl (C=O) groups is 1. The highest BCUT2D eigenvalue weighted by atomic mass is 79.9. The molecule has 0 aromatic heterocycles. The van der Waals surface area contributed by atoms with Gasteiger partial charge in [0.2, 0.25) is 0 Å². The Morgan fingerprint density at radius 2 is 2.37 bits per heavy atom. The Balaban J connectivity index is 2.68. The molecule has 4 nitrogen and oxygen atoms in total. The average molecular weight is 327 g/mol. The topological polar surface area (TPSA) is 64.3 Å². The molecule has 1 aromatic rings. The van der Waals surface area contributed by atoms with Crippen LogP contribution in [0.5, 0.6) is 5.75 Å². The number of halogens is 1. The highest BCUT2D eigenvalue weighted by Gasteiger charge is 2.14. The number of nitrogens with two attached hydrogens (primary N) is 1. The summed E-state index contributed by atoms with van der Waals surface area (Å²) in [6.07, 6.45) is 1.84. The Kier molecular flexibility index (Phi) is 6.59. The van der Waals surface area contributed by atoms with Crippen LogP contribution in [0.2, 0.25) is 0 Å². The first-order valence-electron chi connectivity index (χ1n) is 6.12. The molecule has 0 bridgehead atoms. The zero-order valence-electron chi connectivity index (χ0n) is 11.0. The van der Waals surface area contributed by atoms with Crippen LogP contribution in [-0.2, 0) is 11.2 Å². The highest BCUT2D eigenvalue weighted by molar-refractivity contribution is 9.10. The van der Waals surface area contributed by atoms with Crippen LogP contribution in [0.4, 0.5) is 0 Å². The van der Waals surface area contributed by atoms with Crippen molar-refractivity contribution in [1.82, 2.24) is 5.32 Å². The van der Waals surface area contributed by atoms with Crippen LogP contribution in [0.15, 0.2) is 35.3 Å². The summed E-state index contributed by atoms with van der Waals surface area (Å²) < 4.78 is 6.60. The quantitative estimate of drug-likeness (QED) is 0.753. The Labute approximate surface area is 122 Å². The summed E-state index contributed by atoms with van der Waals surface area (Å²) in [5, 5.41) is 2.69. The second kappa shape index (κ2) is 7.96. The van der Waals surface area contributed by atoms with E-state index in [1.807, 2.05) is 18.2 Å². The number of carbonyl (C=O) groups excluding carboxylic acids is 1. The van der Waals surface area contributed by atoms with Crippen LogP contribution < -0.4 is 15.8 Å². The van der Waals surface area contributed by atoms with E-state index >= 15 is 0 Å². The van der Waals surface area contributed by atoms with Gasteiger partial charge in [0, 0.05) is 11.0 Å². The number of benzene rings is 1. The second-order valence-electron chi connectivity index (χ2n) is 4.09. The smallest absolute Gasteiger partial charge is 0.261 e. The minimum absolute atomic E-state index is 0.164. The molecule has 0 spiro atoms. The van der Waals surface area contributed by atoms with E-state index in [2.05, 4.69) is 27.8 Å². The lowest BCUT2D eigenvalue weighted by Gasteiger charge is -2.15. The molecule has 0 saturated carbocycles. The van der Waals surface area contributed by atoms with E-state index in [-0.39, 0.29) is 5.91 Å². The molecule has 0 aliphatic heterocycles. The zero-order valence-corrected chi connectivity index (χ0v) is 12.6. The highest BCUT2D eigenvalue weighted by Crippen LogP contribution is 2.23. The fourth-order valence-electron chi connectivity index (χ4n) is 1.55. The van der Waals surface area contributed by atoms with E-state index in [9.17, 15) is 4.79 Å². The maximum atomic E-state index is 11.7. The summed E-state index contributed by atoms with van der Waals surface area (Å²) in [6, 6.07) is 5.62. The van der Waals surface area contributed by atoms with Crippen LogP contribution in [0.3, 0.4) is 0 Å². The van der Waals surface area contributed by atoms with Gasteiger partial charge >= 0.3 is 0 Å². The Morgan fingerprint density at radius 1 is 1.63 bits per heavy atom. The first kappa shape index (κ1) is 15.7. The van der Waals surface area contributed by atoms with Crippen LogP contribution in [0, 0.1) is 0 Å². The first-order chi connectivity index (χ1) is 9.08. The lowest BCUT2D eigenvalue weighted by molar-refractivity contribution is -0.127. The van der Waals surface area contributed by atoms with Gasteiger partial charge in [-0.25, -0.2) is 0 Å². The minimum atomic E-state index is -0.549. The van der Waals surface area contributed by atoms with Gasteiger partial charge in [-0.05, 0) is 43.7 Å². The summed E-state index contributed by atoms with van der Waals surface area (Å²) in [5.74, 6) is 0.496. The van der Waals surface area contributed by atoms with Crippen LogP contribution >= 0.6 is 15.9 Å². The number of nitrogens with one attached hydrogen (secondary N) is 1. The lowest BCUT2D eigenvalue weighted by atomic mass is 10.1. The largest absolute Gasteiger partial charge is 0.481 e. The second-order valence-corrected chi connectivity index (χ2v) is 4.94. The van der Waals surface area contributed by atoms with Crippen molar-refractivity contribution in [1.29, 1.82) is 0 Å². The standard InChI is InChI=1S/C14H19BrN2O2/c1-3-8-17-14(18)10(2)19-12-4-5-13(15)11(9-12)6-7-16/h3-5,9-10H,1,6-8,16H2,2H3,(H,17,18). The maximum Gasteiger partial charge on any atom is 0.261 e. The third-order valence-corrected chi connectivity index (χ3v) is 3.31. The Bertz CT molecular complexity index is 449. The normalized spacial score (nSPS) is 11.7. The van der Waals surface area contributed by atoms with Gasteiger partial charge in [0.25, 0.3) is 5.91 Å². The predicted octanol–water partition coefficient (Wildman–Crippen LogP) is 2.02. The fraction of sp³-hybridized carbons (Fsp3) is 0.357. The number of rotatable bonds is 7. The third-order valence-electron chi connectivity index (χ3n) is 2.53. The van der Waals surface area contributed by atoms with Gasteiger partial charge < -0.3 is 15.8 Å². The van der Waals surface area contributed by atoms with E-state index in [0.717, 1.165) is 16.5 Å². The Hall–Kier alpha value is -1.33. The zero-order chi connectivity index (χ0) is 14.3. The molecule has 19 heavy (non-hydrogen) atoms. The molecule has 104 valence electrons. The number of hydrogen-bond donors (Lipinski definition) is 2. The number of amides is 1. The van der Waals surface area contributed by atoms with Crippen molar-refractivity contribution in [2.24, 2.45) is 5.73 Å². The summed E-state index contributed by atoms with van der Waals surface area (Å²) in [6.45, 7) is 6.26. The van der Waals surface area contributed by atoms with Crippen molar-refractivity contribution in [2.75, 3.05) is 13.1 Å². The van der Waals surface area contributed by atoms with Crippen molar-refractivity contribution in [2.45, 2.75) is 19.4 Å². The van der Waals surface area contributed by atoms with Crippen molar-refractivity contribution < 1.29 is 9.53 Å². The van der Waals surface area contributed by atoms with Crippen molar-refractivity contribution in [3.63, 3.8) is 0 Å². The van der Waals surface area contributed by atoms with E-state index in [1.54, 1.807) is 13.0 Å². The molecule has 1 amide bonds. The Morgan fingerprint density at radius 3 is 3.00 bits per heavy atom. The molecule has 0 radical (unpaired) electrons. The third kappa shape index (κ3) is 5.04. The minimum Gasteiger partial charge on any atom is -0.481 e. The summed E-state index contributed by atoms with van der Waals surface area (Å²) in [4.78, 5) is 11.7. The monoisotopic (exact) mass is 326 g/mol. The SMILES string of the molecule is C=CCNC(=O)C(C)Oc1ccc(Br)c(CCN)c1. The van der Waals surface area contributed by atoms with Crippen LogP contribution in [0.1, 0.15) is 12.5 Å². The molecule has 0 aliphatic rings. The van der Waals surface area contributed by atoms with Gasteiger partial charge in [0.1, 0.15) is 5.75 Å². The molecule has 1 atom stereocenters.